The van der Waals surface area contributed by atoms with Crippen molar-refractivity contribution in [1.29, 1.82) is 10.8 Å². The molecule has 31 N–H and O–H groups in total. The zero-order chi connectivity index (χ0) is 86.6. The van der Waals surface area contributed by atoms with Gasteiger partial charge in [-0.2, -0.15) is 0 Å². The first kappa shape index (κ1) is 96.7. The quantitative estimate of drug-likeness (QED) is 0.0172. The van der Waals surface area contributed by atoms with E-state index in [4.69, 9.17) is 33.8 Å². The summed E-state index contributed by atoms with van der Waals surface area (Å²) in [5.74, 6) is -20.6. The Kier molecular flexibility index (Phi) is 40.7. The number of aliphatic hydroxyl groups is 1. The van der Waals surface area contributed by atoms with Gasteiger partial charge in [0.1, 0.15) is 72.5 Å². The number of H-pyrrole nitrogens is 2. The van der Waals surface area contributed by atoms with Crippen molar-refractivity contribution in [2.24, 2.45) is 34.8 Å². The molecule has 117 heavy (non-hydrogen) atoms. The lowest BCUT2D eigenvalue weighted by atomic mass is 9.99. The van der Waals surface area contributed by atoms with Crippen molar-refractivity contribution in [2.75, 3.05) is 49.2 Å². The monoisotopic (exact) mass is 1720 g/mol. The zero-order valence-corrected chi connectivity index (χ0v) is 68.2. The number of carboxylic acid groups (broad SMARTS) is 2. The van der Waals surface area contributed by atoms with Gasteiger partial charge in [-0.15, -0.1) is 0 Å². The number of nitrogens with zero attached hydrogens (tertiary/aromatic N) is 1. The molecule has 48 heteroatoms. The van der Waals surface area contributed by atoms with Gasteiger partial charge in [-0.25, -0.2) is 14.6 Å². The fourth-order valence-electron chi connectivity index (χ4n) is 11.7. The second-order valence-corrected chi connectivity index (χ2v) is 33.3. The van der Waals surface area contributed by atoms with E-state index in [9.17, 15) is 72.9 Å². The average Bonchev–Trinajstić information content (AvgIpc) is 1.51. The van der Waals surface area contributed by atoms with Gasteiger partial charge in [-0.3, -0.25) is 77.9 Å². The minimum atomic E-state index is -2.00. The Bertz CT molecular complexity index is 3970. The predicted molar refractivity (Wildman–Crippen MR) is 434 cm³/mol. The summed E-state index contributed by atoms with van der Waals surface area (Å²) in [6.07, 6.45) is -0.839. The van der Waals surface area contributed by atoms with Crippen LogP contribution in [0.1, 0.15) is 104 Å². The number of aliphatic carboxylic acids is 2. The van der Waals surface area contributed by atoms with Crippen molar-refractivity contribution in [2.45, 2.75) is 190 Å². The number of primary amides is 1. The third kappa shape index (κ3) is 34.1. The summed E-state index contributed by atoms with van der Waals surface area (Å²) in [7, 11) is 3.28. The van der Waals surface area contributed by atoms with Crippen LogP contribution in [0.4, 0.5) is 4.79 Å². The highest BCUT2D eigenvalue weighted by atomic mass is 33.1. The van der Waals surface area contributed by atoms with Gasteiger partial charge in [0.05, 0.1) is 30.7 Å². The minimum Gasteiger partial charge on any atom is -0.481 e. The number of carbonyl (C=O) groups is 16. The molecule has 0 saturated carbocycles. The zero-order valence-electron chi connectivity index (χ0n) is 65.0. The van der Waals surface area contributed by atoms with Crippen LogP contribution in [-0.4, -0.2) is 271 Å². The smallest absolute Gasteiger partial charge is 0.327 e. The topological polar surface area (TPSA) is 723 Å². The first-order valence-electron chi connectivity index (χ1n) is 37.4. The number of hydrogen-bond acceptors (Lipinski definition) is 25. The van der Waals surface area contributed by atoms with Gasteiger partial charge in [0, 0.05) is 85.2 Å². The fourth-order valence-corrected chi connectivity index (χ4v) is 16.3. The molecular weight excluding hydrogens is 1610 g/mol. The average molecular weight is 1720 g/mol. The first-order chi connectivity index (χ1) is 55.4. The lowest BCUT2D eigenvalue weighted by Gasteiger charge is -2.29. The molecule has 1 aromatic carbocycles. The number of amides is 15. The fraction of sp³-hybridized carbons (Fsp3) is 0.580. The summed E-state index contributed by atoms with van der Waals surface area (Å²) >= 11 is 0. The molecular formula is C69H107N25O19S4. The van der Waals surface area contributed by atoms with Gasteiger partial charge in [0.2, 0.25) is 76.8 Å². The molecule has 4 heterocycles. The summed E-state index contributed by atoms with van der Waals surface area (Å²) in [4.78, 5) is 237. The van der Waals surface area contributed by atoms with E-state index < -0.39 is 228 Å². The van der Waals surface area contributed by atoms with Gasteiger partial charge < -0.3 is 133 Å². The maximum absolute atomic E-state index is 15.2. The predicted octanol–water partition coefficient (Wildman–Crippen LogP) is -6.27. The molecule has 2 aliphatic heterocycles. The Morgan fingerprint density at radius 3 is 1.55 bits per heavy atom. The van der Waals surface area contributed by atoms with Crippen molar-refractivity contribution < 1.29 is 92.0 Å². The van der Waals surface area contributed by atoms with Crippen LogP contribution in [0.15, 0.2) is 43.0 Å². The molecule has 14 atom stereocenters. The van der Waals surface area contributed by atoms with Crippen LogP contribution in [0.25, 0.3) is 10.9 Å². The molecule has 1 unspecified atom stereocenters. The van der Waals surface area contributed by atoms with Crippen LogP contribution < -0.4 is 108 Å². The minimum absolute atomic E-state index is 0.00218. The van der Waals surface area contributed by atoms with E-state index in [2.05, 4.69) is 100 Å². The van der Waals surface area contributed by atoms with Crippen LogP contribution >= 0.6 is 43.2 Å². The molecule has 2 fully saturated rings. The summed E-state index contributed by atoms with van der Waals surface area (Å²) < 4.78 is 0. The van der Waals surface area contributed by atoms with E-state index in [-0.39, 0.29) is 101 Å². The molecule has 44 nitrogen and oxygen atoms in total. The summed E-state index contributed by atoms with van der Waals surface area (Å²) in [6.45, 7) is 6.46. The Labute approximate surface area is 688 Å². The second-order valence-electron chi connectivity index (χ2n) is 28.2. The van der Waals surface area contributed by atoms with Gasteiger partial charge in [0.15, 0.2) is 11.9 Å². The number of benzene rings is 1. The molecule has 0 spiro atoms. The number of nitrogens with two attached hydrogens (primary N) is 4. The Morgan fingerprint density at radius 2 is 0.991 bits per heavy atom. The number of aromatic amines is 2. The number of imidazole rings is 1. The number of carbonyl (C=O) groups excluding carboxylic acids is 14. The van der Waals surface area contributed by atoms with Gasteiger partial charge >= 0.3 is 18.0 Å². The van der Waals surface area contributed by atoms with E-state index >= 15 is 19.2 Å². The van der Waals surface area contributed by atoms with E-state index in [1.807, 2.05) is 0 Å². The standard InChI is InChI=1S/C69H107N25O19S4/c1-32(2)21-44-61(106)93-52(33(3)4)64(109)92-49(66(111)112)30-117-114-27-38(70)54(99)87-46(23-36-25-76-31-82-36)60(105)89-45(22-35-24-80-39-12-7-6-11-37(35)39)59(104)85-43(16-17-51(97)98)58(103)91-48-29-116-115-28-47(62(107)84-42(57(102)88-44)15-9-19-78-68(73)74)90-56(101)41(14-8-18-77-67(71)72)83-50(96)26-81-55(100)40(13-10-20-79-69(75)113)86-65(110)53(34(5)95)94-63(48)108/h6-7,11-12,24-25,31-34,38,40-49,52-53,80,95H,8-10,13-23,26-30,70H2,1-5H3,(H,76,82)(H,81,100)(H,83,96)(H,84,107)(H,85,104)(H,86,110)(H,87,99)(H,88,102)(H,89,105)(H,90,101)(H,91,103)(H,92,109)(H,93,106)(H,94,108)(H,97,98)(H,111,112)(H4,71,72,77)(H4,73,74,78)(H3,75,79,113)/t34-,38+,40?,41+,42+,43+,44+,45+,46+,47+,48+,49+,52+,53+/m1/s1. The SMILES string of the molecule is CC(C)C[C@@H]1NC(=O)[C@H](CCCNC(=N)N)NC(=O)[C@@H]2CSSC[C@H](NC(=O)[C@H](CCC(=O)O)NC(=O)[C@H](Cc3c[nH]c4ccccc34)NC(=O)[C@H](Cc3c[nH]cn3)NC(=O)[C@@H](N)CSSC[C@@H](C(=O)O)NC(=O)[C@H](C(C)C)NC1=O)C(=O)N[C@@H]([C@@H](C)O)C(=O)NC(CCCNC(N)=O)C(=O)NCC(=O)N[C@@H](CCCNC(=N)N)C(=O)N2. The summed E-state index contributed by atoms with van der Waals surface area (Å²) in [5, 5.41) is 88.1. The van der Waals surface area contributed by atoms with E-state index in [1.54, 1.807) is 58.2 Å². The van der Waals surface area contributed by atoms with Crippen LogP contribution in [0.2, 0.25) is 0 Å². The van der Waals surface area contributed by atoms with Crippen LogP contribution in [0, 0.1) is 22.7 Å². The lowest BCUT2D eigenvalue weighted by molar-refractivity contribution is -0.142. The lowest BCUT2D eigenvalue weighted by Crippen LogP contribution is -2.62. The molecule has 2 aliphatic rings. The maximum Gasteiger partial charge on any atom is 0.327 e. The molecule has 5 rings (SSSR count). The van der Waals surface area contributed by atoms with Crippen LogP contribution in [0.5, 0.6) is 0 Å². The van der Waals surface area contributed by atoms with E-state index in [0.717, 1.165) is 50.1 Å². The molecule has 0 radical (unpaired) electrons. The van der Waals surface area contributed by atoms with Crippen LogP contribution in [-0.2, 0) is 84.8 Å². The highest BCUT2D eigenvalue weighted by molar-refractivity contribution is 8.77. The Balaban J connectivity index is 1.73. The van der Waals surface area contributed by atoms with Crippen LogP contribution in [0.3, 0.4) is 0 Å². The maximum atomic E-state index is 15.2. The van der Waals surface area contributed by atoms with Crippen molar-refractivity contribution in [3.05, 3.63) is 54.2 Å². The molecule has 2 saturated heterocycles. The van der Waals surface area contributed by atoms with Crippen molar-refractivity contribution in [3.8, 4) is 0 Å². The molecule has 15 amide bonds. The molecule has 646 valence electrons. The number of nitrogens with one attached hydrogen (secondary N) is 20. The highest BCUT2D eigenvalue weighted by Gasteiger charge is 2.40. The number of urea groups is 1. The number of carboxylic acids is 2. The van der Waals surface area contributed by atoms with Gasteiger partial charge in [0.25, 0.3) is 0 Å². The van der Waals surface area contributed by atoms with E-state index in [0.29, 0.717) is 16.5 Å². The third-order valence-electron chi connectivity index (χ3n) is 17.9. The number of aromatic nitrogens is 3. The number of guanidine groups is 2. The normalized spacial score (nSPS) is 24.8. The number of aliphatic hydroxyl groups excluding tert-OH is 1. The summed E-state index contributed by atoms with van der Waals surface area (Å²) in [6, 6.07) is -15.8. The molecule has 2 bridgehead atoms. The third-order valence-corrected chi connectivity index (χ3v) is 22.7. The van der Waals surface area contributed by atoms with E-state index in [1.165, 1.54) is 12.5 Å². The Hall–Kier alpha value is -10.8. The van der Waals surface area contributed by atoms with Crippen molar-refractivity contribution in [1.82, 2.24) is 100 Å². The molecule has 2 aromatic heterocycles. The number of fused-ring (bicyclic) bond motifs is 6. The van der Waals surface area contributed by atoms with Crippen molar-refractivity contribution >= 4 is 161 Å². The van der Waals surface area contributed by atoms with Gasteiger partial charge in [-0.1, -0.05) is 89.1 Å². The van der Waals surface area contributed by atoms with Crippen molar-refractivity contribution in [3.63, 3.8) is 0 Å². The number of para-hydroxylation sites is 1. The number of rotatable bonds is 24. The first-order valence-corrected chi connectivity index (χ1v) is 42.4. The van der Waals surface area contributed by atoms with Gasteiger partial charge in [-0.05, 0) is 81.8 Å². The largest absolute Gasteiger partial charge is 0.481 e. The molecule has 0 aliphatic carbocycles. The molecule has 3 aromatic rings. The Morgan fingerprint density at radius 1 is 0.521 bits per heavy atom. The highest BCUT2D eigenvalue weighted by Crippen LogP contribution is 2.26. The summed E-state index contributed by atoms with van der Waals surface area (Å²) in [5.41, 5.74) is 24.0. The second kappa shape index (κ2) is 49.3. The number of hydrogen-bond donors (Lipinski definition) is 27.